The molecule has 0 bridgehead atoms. The first-order valence-electron chi connectivity index (χ1n) is 6.33. The molecule has 3 N–H and O–H groups in total. The molecule has 98 valence electrons. The number of aliphatic hydroxyl groups excluding tert-OH is 1. The molecule has 1 aromatic carbocycles. The summed E-state index contributed by atoms with van der Waals surface area (Å²) < 4.78 is 11.1. The number of nitrogens with two attached hydrogens (primary N) is 1. The Kier molecular flexibility index (Phi) is 2.91. The first kappa shape index (κ1) is 11.5. The lowest BCUT2D eigenvalue weighted by atomic mass is 10.1. The predicted molar refractivity (Wildman–Crippen MR) is 69.3 cm³/mol. The third-order valence-corrected chi connectivity index (χ3v) is 3.58. The number of aliphatic hydroxyl groups is 1. The maximum atomic E-state index is 9.19. The van der Waals surface area contributed by atoms with Crippen LogP contribution in [0.15, 0.2) is 12.1 Å². The Labute approximate surface area is 106 Å². The van der Waals surface area contributed by atoms with Gasteiger partial charge in [-0.25, -0.2) is 0 Å². The molecule has 0 radical (unpaired) electrons. The molecule has 2 heterocycles. The van der Waals surface area contributed by atoms with Crippen molar-refractivity contribution in [3.63, 3.8) is 0 Å². The zero-order chi connectivity index (χ0) is 12.5. The van der Waals surface area contributed by atoms with Gasteiger partial charge < -0.3 is 25.2 Å². The van der Waals surface area contributed by atoms with Crippen LogP contribution in [0.3, 0.4) is 0 Å². The maximum absolute atomic E-state index is 9.19. The monoisotopic (exact) mass is 250 g/mol. The standard InChI is InChI=1S/C13H18N2O3/c14-10-5-12-13(18-4-3-17-12)6-11(10)15-2-1-9(7-15)8-16/h5-6,9,16H,1-4,7-8,14H2. The largest absolute Gasteiger partial charge is 0.486 e. The Morgan fingerprint density at radius 3 is 2.67 bits per heavy atom. The normalized spacial score (nSPS) is 22.3. The highest BCUT2D eigenvalue weighted by Crippen LogP contribution is 2.39. The predicted octanol–water partition coefficient (Wildman–Crippen LogP) is 0.859. The molecule has 0 saturated carbocycles. The lowest BCUT2D eigenvalue weighted by Gasteiger charge is -2.25. The van der Waals surface area contributed by atoms with E-state index in [0.29, 0.717) is 24.8 Å². The highest BCUT2D eigenvalue weighted by atomic mass is 16.6. The van der Waals surface area contributed by atoms with Crippen molar-refractivity contribution in [2.45, 2.75) is 6.42 Å². The zero-order valence-electron chi connectivity index (χ0n) is 10.3. The van der Waals surface area contributed by atoms with Gasteiger partial charge in [0.25, 0.3) is 0 Å². The quantitative estimate of drug-likeness (QED) is 0.762. The van der Waals surface area contributed by atoms with Crippen molar-refractivity contribution >= 4 is 11.4 Å². The van der Waals surface area contributed by atoms with Crippen molar-refractivity contribution in [1.82, 2.24) is 0 Å². The van der Waals surface area contributed by atoms with Crippen LogP contribution >= 0.6 is 0 Å². The molecule has 18 heavy (non-hydrogen) atoms. The van der Waals surface area contributed by atoms with Gasteiger partial charge in [-0.3, -0.25) is 0 Å². The van der Waals surface area contributed by atoms with Gasteiger partial charge in [-0.05, 0) is 6.42 Å². The van der Waals surface area contributed by atoms with Crippen molar-refractivity contribution in [3.8, 4) is 11.5 Å². The molecule has 0 spiro atoms. The lowest BCUT2D eigenvalue weighted by molar-refractivity contribution is 0.172. The van der Waals surface area contributed by atoms with Crippen LogP contribution in [0.1, 0.15) is 6.42 Å². The number of hydrogen-bond acceptors (Lipinski definition) is 5. The van der Waals surface area contributed by atoms with Crippen LogP contribution in [-0.4, -0.2) is 38.0 Å². The van der Waals surface area contributed by atoms with Gasteiger partial charge in [0.05, 0.1) is 11.4 Å². The topological polar surface area (TPSA) is 68.0 Å². The molecular formula is C13H18N2O3. The molecule has 1 unspecified atom stereocenters. The van der Waals surface area contributed by atoms with Crippen LogP contribution < -0.4 is 20.1 Å². The van der Waals surface area contributed by atoms with E-state index in [2.05, 4.69) is 4.90 Å². The van der Waals surface area contributed by atoms with Crippen molar-refractivity contribution in [2.75, 3.05) is 43.5 Å². The van der Waals surface area contributed by atoms with Crippen molar-refractivity contribution in [2.24, 2.45) is 5.92 Å². The average Bonchev–Trinajstić information content (AvgIpc) is 2.86. The molecule has 0 aliphatic carbocycles. The number of nitrogens with zero attached hydrogens (tertiary/aromatic N) is 1. The van der Waals surface area contributed by atoms with Crippen LogP contribution in [-0.2, 0) is 0 Å². The molecule has 0 amide bonds. The van der Waals surface area contributed by atoms with Gasteiger partial charge in [0.15, 0.2) is 11.5 Å². The molecule has 2 aliphatic rings. The van der Waals surface area contributed by atoms with Crippen LogP contribution in [0.5, 0.6) is 11.5 Å². The van der Waals surface area contributed by atoms with E-state index in [0.717, 1.165) is 36.7 Å². The summed E-state index contributed by atoms with van der Waals surface area (Å²) in [6.07, 6.45) is 1.00. The Morgan fingerprint density at radius 2 is 2.00 bits per heavy atom. The molecule has 5 heteroatoms. The van der Waals surface area contributed by atoms with E-state index in [4.69, 9.17) is 15.2 Å². The number of nitrogen functional groups attached to an aromatic ring is 1. The highest BCUT2D eigenvalue weighted by Gasteiger charge is 2.25. The molecule has 0 aromatic heterocycles. The van der Waals surface area contributed by atoms with E-state index in [9.17, 15) is 5.11 Å². The van der Waals surface area contributed by atoms with Crippen LogP contribution in [0.25, 0.3) is 0 Å². The number of ether oxygens (including phenoxy) is 2. The summed E-state index contributed by atoms with van der Waals surface area (Å²) in [6, 6.07) is 3.78. The zero-order valence-corrected chi connectivity index (χ0v) is 10.3. The summed E-state index contributed by atoms with van der Waals surface area (Å²) >= 11 is 0. The Hall–Kier alpha value is -1.62. The van der Waals surface area contributed by atoms with Gasteiger partial charge in [0.2, 0.25) is 0 Å². The molecule has 1 fully saturated rings. The second-order valence-corrected chi connectivity index (χ2v) is 4.84. The molecule has 1 atom stereocenters. The number of hydrogen-bond donors (Lipinski definition) is 2. The summed E-state index contributed by atoms with van der Waals surface area (Å²) in [6.45, 7) is 3.16. The molecular weight excluding hydrogens is 232 g/mol. The highest BCUT2D eigenvalue weighted by molar-refractivity contribution is 5.73. The fourth-order valence-electron chi connectivity index (χ4n) is 2.57. The summed E-state index contributed by atoms with van der Waals surface area (Å²) in [5.74, 6) is 1.83. The lowest BCUT2D eigenvalue weighted by Crippen LogP contribution is -2.23. The second kappa shape index (κ2) is 4.57. The third kappa shape index (κ3) is 1.95. The molecule has 1 aromatic rings. The Balaban J connectivity index is 1.88. The number of rotatable bonds is 2. The van der Waals surface area contributed by atoms with Crippen molar-refractivity contribution in [1.29, 1.82) is 0 Å². The van der Waals surface area contributed by atoms with Crippen LogP contribution in [0.2, 0.25) is 0 Å². The molecule has 1 saturated heterocycles. The summed E-state index contributed by atoms with van der Waals surface area (Å²) in [7, 11) is 0. The second-order valence-electron chi connectivity index (χ2n) is 4.84. The summed E-state index contributed by atoms with van der Waals surface area (Å²) in [4.78, 5) is 2.20. The average molecular weight is 250 g/mol. The first-order valence-corrected chi connectivity index (χ1v) is 6.33. The Morgan fingerprint density at radius 1 is 1.28 bits per heavy atom. The Bertz CT molecular complexity index is 450. The van der Waals surface area contributed by atoms with Gasteiger partial charge in [-0.2, -0.15) is 0 Å². The van der Waals surface area contributed by atoms with Crippen molar-refractivity contribution in [3.05, 3.63) is 12.1 Å². The minimum atomic E-state index is 0.237. The fourth-order valence-corrected chi connectivity index (χ4v) is 2.57. The van der Waals surface area contributed by atoms with Crippen molar-refractivity contribution < 1.29 is 14.6 Å². The maximum Gasteiger partial charge on any atom is 0.163 e. The number of benzene rings is 1. The van der Waals surface area contributed by atoms with E-state index < -0.39 is 0 Å². The fraction of sp³-hybridized carbons (Fsp3) is 0.538. The minimum Gasteiger partial charge on any atom is -0.486 e. The molecule has 2 aliphatic heterocycles. The molecule has 3 rings (SSSR count). The van der Waals surface area contributed by atoms with E-state index in [-0.39, 0.29) is 6.61 Å². The van der Waals surface area contributed by atoms with Gasteiger partial charge in [-0.15, -0.1) is 0 Å². The number of fused-ring (bicyclic) bond motifs is 1. The van der Waals surface area contributed by atoms with E-state index in [1.54, 1.807) is 0 Å². The first-order chi connectivity index (χ1) is 8.78. The van der Waals surface area contributed by atoms with E-state index in [1.165, 1.54) is 0 Å². The van der Waals surface area contributed by atoms with Gasteiger partial charge >= 0.3 is 0 Å². The van der Waals surface area contributed by atoms with E-state index in [1.807, 2.05) is 12.1 Å². The van der Waals surface area contributed by atoms with Crippen LogP contribution in [0, 0.1) is 5.92 Å². The molecule has 5 nitrogen and oxygen atoms in total. The van der Waals surface area contributed by atoms with Crippen LogP contribution in [0.4, 0.5) is 11.4 Å². The minimum absolute atomic E-state index is 0.237. The summed E-state index contributed by atoms with van der Waals surface area (Å²) in [5, 5.41) is 9.19. The SMILES string of the molecule is Nc1cc2c(cc1N1CCC(CO)C1)OCCO2. The van der Waals surface area contributed by atoms with Gasteiger partial charge in [0.1, 0.15) is 13.2 Å². The smallest absolute Gasteiger partial charge is 0.163 e. The number of anilines is 2. The van der Waals surface area contributed by atoms with Gasteiger partial charge in [0, 0.05) is 37.7 Å². The van der Waals surface area contributed by atoms with Gasteiger partial charge in [-0.1, -0.05) is 0 Å². The van der Waals surface area contributed by atoms with E-state index >= 15 is 0 Å². The third-order valence-electron chi connectivity index (χ3n) is 3.58. The summed E-state index contributed by atoms with van der Waals surface area (Å²) in [5.41, 5.74) is 7.76.